The van der Waals surface area contributed by atoms with Crippen LogP contribution in [-0.2, 0) is 18.0 Å². The van der Waals surface area contributed by atoms with E-state index in [9.17, 15) is 4.79 Å². The molecule has 0 spiro atoms. The monoisotopic (exact) mass is 377 g/mol. The summed E-state index contributed by atoms with van der Waals surface area (Å²) in [6.45, 7) is 0.364. The molecule has 5 heteroatoms. The number of nitrogens with zero attached hydrogens (tertiary/aromatic N) is 1. The van der Waals surface area contributed by atoms with Gasteiger partial charge in [-0.1, -0.05) is 54.1 Å². The third kappa shape index (κ3) is 4.87. The highest BCUT2D eigenvalue weighted by atomic mass is 35.5. The van der Waals surface area contributed by atoms with E-state index in [-0.39, 0.29) is 13.2 Å². The van der Waals surface area contributed by atoms with Crippen molar-refractivity contribution in [3.63, 3.8) is 0 Å². The summed E-state index contributed by atoms with van der Waals surface area (Å²) in [6, 6.07) is 23.2. The van der Waals surface area contributed by atoms with Crippen molar-refractivity contribution >= 4 is 17.6 Å². The largest absolute Gasteiger partial charge is 0.488 e. The van der Waals surface area contributed by atoms with Crippen molar-refractivity contribution in [3.8, 4) is 11.8 Å². The van der Waals surface area contributed by atoms with E-state index in [0.29, 0.717) is 21.9 Å². The fraction of sp³-hybridized carbons (Fsp3) is 0.0909. The lowest BCUT2D eigenvalue weighted by Crippen LogP contribution is -2.08. The molecule has 0 aliphatic heterocycles. The van der Waals surface area contributed by atoms with Gasteiger partial charge in [0.05, 0.1) is 11.6 Å². The Kier molecular flexibility index (Phi) is 6.09. The van der Waals surface area contributed by atoms with E-state index in [1.54, 1.807) is 54.6 Å². The minimum absolute atomic E-state index is 0.114. The van der Waals surface area contributed by atoms with Crippen molar-refractivity contribution in [2.45, 2.75) is 13.2 Å². The van der Waals surface area contributed by atoms with Crippen LogP contribution in [0.1, 0.15) is 27.0 Å². The molecule has 4 nitrogen and oxygen atoms in total. The van der Waals surface area contributed by atoms with Crippen molar-refractivity contribution in [2.24, 2.45) is 0 Å². The standard InChI is InChI=1S/C22H16ClNO3/c23-20-7-3-1-5-18(20)15-26-21-8-4-2-6-19(21)22(25)27-14-17-11-9-16(13-24)10-12-17/h1-12H,14-15H2. The SMILES string of the molecule is N#Cc1ccc(COC(=O)c2ccccc2OCc2ccccc2Cl)cc1. The number of benzene rings is 3. The predicted octanol–water partition coefficient (Wildman–Crippen LogP) is 5.15. The maximum atomic E-state index is 12.5. The summed E-state index contributed by atoms with van der Waals surface area (Å²) in [4.78, 5) is 12.5. The zero-order valence-electron chi connectivity index (χ0n) is 14.4. The second-order valence-corrected chi connectivity index (χ2v) is 6.17. The van der Waals surface area contributed by atoms with Gasteiger partial charge in [-0.2, -0.15) is 5.26 Å². The first-order valence-corrected chi connectivity index (χ1v) is 8.66. The normalized spacial score (nSPS) is 10.1. The fourth-order valence-corrected chi connectivity index (χ4v) is 2.62. The quantitative estimate of drug-likeness (QED) is 0.557. The average Bonchev–Trinajstić information content (AvgIpc) is 2.72. The van der Waals surface area contributed by atoms with Crippen LogP contribution < -0.4 is 4.74 Å². The molecule has 0 bridgehead atoms. The number of ether oxygens (including phenoxy) is 2. The van der Waals surface area contributed by atoms with E-state index in [1.165, 1.54) is 0 Å². The number of para-hydroxylation sites is 1. The summed E-state index contributed by atoms with van der Waals surface area (Å²) < 4.78 is 11.2. The summed E-state index contributed by atoms with van der Waals surface area (Å²) in [7, 11) is 0. The van der Waals surface area contributed by atoms with Gasteiger partial charge in [-0.25, -0.2) is 4.79 Å². The van der Waals surface area contributed by atoms with Crippen LogP contribution in [0.2, 0.25) is 5.02 Å². The van der Waals surface area contributed by atoms with E-state index >= 15 is 0 Å². The molecule has 3 aromatic rings. The van der Waals surface area contributed by atoms with Crippen molar-refractivity contribution in [1.82, 2.24) is 0 Å². The Morgan fingerprint density at radius 1 is 0.926 bits per heavy atom. The van der Waals surface area contributed by atoms with Gasteiger partial charge in [0, 0.05) is 10.6 Å². The molecule has 0 fully saturated rings. The van der Waals surface area contributed by atoms with Crippen LogP contribution in [0, 0.1) is 11.3 Å². The van der Waals surface area contributed by atoms with Crippen LogP contribution in [0.25, 0.3) is 0 Å². The highest BCUT2D eigenvalue weighted by Crippen LogP contribution is 2.23. The predicted molar refractivity (Wildman–Crippen MR) is 103 cm³/mol. The summed E-state index contributed by atoms with van der Waals surface area (Å²) in [5, 5.41) is 9.43. The molecule has 0 N–H and O–H groups in total. The van der Waals surface area contributed by atoms with Crippen molar-refractivity contribution in [2.75, 3.05) is 0 Å². The fourth-order valence-electron chi connectivity index (χ4n) is 2.43. The van der Waals surface area contributed by atoms with E-state index in [1.807, 2.05) is 18.2 Å². The Balaban J connectivity index is 1.66. The number of hydrogen-bond acceptors (Lipinski definition) is 4. The van der Waals surface area contributed by atoms with Gasteiger partial charge >= 0.3 is 5.97 Å². The van der Waals surface area contributed by atoms with Gasteiger partial charge < -0.3 is 9.47 Å². The smallest absolute Gasteiger partial charge is 0.342 e. The van der Waals surface area contributed by atoms with Gasteiger partial charge in [0.2, 0.25) is 0 Å². The molecular weight excluding hydrogens is 362 g/mol. The first kappa shape index (κ1) is 18.5. The number of carbonyl (C=O) groups excluding carboxylic acids is 1. The molecule has 0 unspecified atom stereocenters. The van der Waals surface area contributed by atoms with Gasteiger partial charge in [0.15, 0.2) is 0 Å². The number of nitriles is 1. The zero-order valence-corrected chi connectivity index (χ0v) is 15.1. The molecule has 0 atom stereocenters. The van der Waals surface area contributed by atoms with E-state index in [4.69, 9.17) is 26.3 Å². The van der Waals surface area contributed by atoms with Crippen LogP contribution >= 0.6 is 11.6 Å². The second-order valence-electron chi connectivity index (χ2n) is 5.76. The molecule has 0 radical (unpaired) electrons. The number of rotatable bonds is 6. The highest BCUT2D eigenvalue weighted by Gasteiger charge is 2.14. The number of esters is 1. The molecule has 0 saturated heterocycles. The molecule has 134 valence electrons. The van der Waals surface area contributed by atoms with Crippen molar-refractivity contribution in [3.05, 3.63) is 100 Å². The Labute approximate surface area is 162 Å². The minimum atomic E-state index is -0.478. The maximum Gasteiger partial charge on any atom is 0.342 e. The number of carbonyl (C=O) groups is 1. The number of hydrogen-bond donors (Lipinski definition) is 0. The molecule has 0 saturated carbocycles. The first-order valence-electron chi connectivity index (χ1n) is 8.29. The van der Waals surface area contributed by atoms with Gasteiger partial charge in [0.25, 0.3) is 0 Å². The number of halogens is 1. The second kappa shape index (κ2) is 8.88. The van der Waals surface area contributed by atoms with E-state index in [0.717, 1.165) is 11.1 Å². The molecule has 27 heavy (non-hydrogen) atoms. The van der Waals surface area contributed by atoms with Crippen LogP contribution in [0.3, 0.4) is 0 Å². The first-order chi connectivity index (χ1) is 13.2. The average molecular weight is 378 g/mol. The molecule has 0 amide bonds. The van der Waals surface area contributed by atoms with Gasteiger partial charge in [0.1, 0.15) is 24.5 Å². The molecule has 0 aliphatic carbocycles. The van der Waals surface area contributed by atoms with Gasteiger partial charge in [-0.05, 0) is 35.9 Å². The van der Waals surface area contributed by atoms with Gasteiger partial charge in [-0.15, -0.1) is 0 Å². The Bertz CT molecular complexity index is 977. The van der Waals surface area contributed by atoms with Crippen LogP contribution in [0.5, 0.6) is 5.75 Å². The lowest BCUT2D eigenvalue weighted by atomic mass is 10.1. The summed E-state index contributed by atoms with van der Waals surface area (Å²) in [5.41, 5.74) is 2.54. The van der Waals surface area contributed by atoms with Crippen molar-refractivity contribution < 1.29 is 14.3 Å². The highest BCUT2D eigenvalue weighted by molar-refractivity contribution is 6.31. The molecule has 3 rings (SSSR count). The summed E-state index contributed by atoms with van der Waals surface area (Å²) in [6.07, 6.45) is 0. The summed E-state index contributed by atoms with van der Waals surface area (Å²) in [5.74, 6) is -0.0450. The van der Waals surface area contributed by atoms with Crippen LogP contribution in [-0.4, -0.2) is 5.97 Å². The topological polar surface area (TPSA) is 59.3 Å². The lowest BCUT2D eigenvalue weighted by Gasteiger charge is -2.12. The molecule has 0 aliphatic rings. The van der Waals surface area contributed by atoms with Crippen LogP contribution in [0.15, 0.2) is 72.8 Å². The molecule has 0 heterocycles. The zero-order chi connectivity index (χ0) is 19.1. The Hall–Kier alpha value is -3.29. The Morgan fingerprint density at radius 2 is 1.63 bits per heavy atom. The Morgan fingerprint density at radius 3 is 2.37 bits per heavy atom. The maximum absolute atomic E-state index is 12.5. The molecule has 0 aromatic heterocycles. The van der Waals surface area contributed by atoms with Gasteiger partial charge in [-0.3, -0.25) is 0 Å². The third-order valence-electron chi connectivity index (χ3n) is 3.90. The van der Waals surface area contributed by atoms with E-state index in [2.05, 4.69) is 6.07 Å². The van der Waals surface area contributed by atoms with E-state index < -0.39 is 5.97 Å². The molecular formula is C22H16ClNO3. The summed E-state index contributed by atoms with van der Waals surface area (Å²) >= 11 is 6.14. The molecule has 3 aromatic carbocycles. The van der Waals surface area contributed by atoms with Crippen LogP contribution in [0.4, 0.5) is 0 Å². The third-order valence-corrected chi connectivity index (χ3v) is 4.27. The minimum Gasteiger partial charge on any atom is -0.488 e. The lowest BCUT2D eigenvalue weighted by molar-refractivity contribution is 0.0467. The van der Waals surface area contributed by atoms with Crippen molar-refractivity contribution in [1.29, 1.82) is 5.26 Å².